The molecule has 7 nitrogen and oxygen atoms in total. The number of benzene rings is 1. The second-order valence-corrected chi connectivity index (χ2v) is 6.92. The summed E-state index contributed by atoms with van der Waals surface area (Å²) in [6.45, 7) is 9.27. The van der Waals surface area contributed by atoms with Crippen LogP contribution in [0.25, 0.3) is 0 Å². The van der Waals surface area contributed by atoms with Gasteiger partial charge in [-0.05, 0) is 52.3 Å². The van der Waals surface area contributed by atoms with Gasteiger partial charge in [0.05, 0.1) is 29.8 Å². The number of allylic oxidation sites excluding steroid dienone is 2. The molecule has 0 saturated heterocycles. The number of esters is 2. The molecule has 28 heavy (non-hydrogen) atoms. The molecule has 1 atom stereocenters. The number of dihydropyridines is 1. The molecule has 2 aliphatic heterocycles. The van der Waals surface area contributed by atoms with Crippen LogP contribution >= 0.6 is 0 Å². The number of rotatable bonds is 5. The first-order valence-electron chi connectivity index (χ1n) is 9.29. The Morgan fingerprint density at radius 3 is 2.39 bits per heavy atom. The minimum Gasteiger partial charge on any atom is -0.463 e. The molecular weight excluding hydrogens is 362 g/mol. The molecule has 1 unspecified atom stereocenters. The van der Waals surface area contributed by atoms with Crippen LogP contribution in [0.1, 0.15) is 46.1 Å². The first-order chi connectivity index (χ1) is 13.3. The molecule has 1 aromatic rings. The largest absolute Gasteiger partial charge is 0.463 e. The third-order valence-corrected chi connectivity index (χ3v) is 4.55. The van der Waals surface area contributed by atoms with Crippen molar-refractivity contribution in [3.8, 4) is 11.5 Å². The maximum absolute atomic E-state index is 12.9. The van der Waals surface area contributed by atoms with Gasteiger partial charge in [0.1, 0.15) is 0 Å². The molecule has 0 amide bonds. The fourth-order valence-electron chi connectivity index (χ4n) is 3.45. The van der Waals surface area contributed by atoms with E-state index in [4.69, 9.17) is 18.9 Å². The van der Waals surface area contributed by atoms with Crippen LogP contribution in [0.2, 0.25) is 0 Å². The topological polar surface area (TPSA) is 83.1 Å². The van der Waals surface area contributed by atoms with Gasteiger partial charge in [-0.2, -0.15) is 0 Å². The minimum absolute atomic E-state index is 0.141. The second-order valence-electron chi connectivity index (χ2n) is 6.92. The number of hydrogen-bond donors (Lipinski definition) is 1. The van der Waals surface area contributed by atoms with Crippen molar-refractivity contribution >= 4 is 11.9 Å². The van der Waals surface area contributed by atoms with Crippen LogP contribution in [-0.4, -0.2) is 31.4 Å². The lowest BCUT2D eigenvalue weighted by Crippen LogP contribution is -2.33. The number of ether oxygens (including phenoxy) is 4. The van der Waals surface area contributed by atoms with E-state index in [0.29, 0.717) is 34.0 Å². The number of carbonyl (C=O) groups excluding carboxylic acids is 2. The van der Waals surface area contributed by atoms with E-state index in [9.17, 15) is 9.59 Å². The highest BCUT2D eigenvalue weighted by molar-refractivity contribution is 6.00. The molecular formula is C21H25NO6. The van der Waals surface area contributed by atoms with Gasteiger partial charge < -0.3 is 24.3 Å². The number of fused-ring (bicyclic) bond motifs is 1. The third kappa shape index (κ3) is 3.69. The summed E-state index contributed by atoms with van der Waals surface area (Å²) in [6, 6.07) is 5.39. The molecule has 2 heterocycles. The summed E-state index contributed by atoms with van der Waals surface area (Å²) in [6.07, 6.45) is -0.289. The predicted molar refractivity (Wildman–Crippen MR) is 102 cm³/mol. The molecule has 1 aromatic carbocycles. The Kier molecular flexibility index (Phi) is 5.63. The molecule has 0 radical (unpaired) electrons. The summed E-state index contributed by atoms with van der Waals surface area (Å²) >= 11 is 0. The summed E-state index contributed by atoms with van der Waals surface area (Å²) in [4.78, 5) is 25.7. The molecule has 0 bridgehead atoms. The van der Waals surface area contributed by atoms with Gasteiger partial charge in [-0.1, -0.05) is 6.07 Å². The lowest BCUT2D eigenvalue weighted by Gasteiger charge is -2.30. The summed E-state index contributed by atoms with van der Waals surface area (Å²) < 4.78 is 21.6. The van der Waals surface area contributed by atoms with E-state index in [1.165, 1.54) is 0 Å². The molecule has 0 aliphatic carbocycles. The standard InChI is InChI=1S/C21H25NO6/c1-6-25-20(23)17-12(4)22-13(5)18(21(24)28-11(2)3)19(17)14-7-8-15-16(9-14)27-10-26-15/h7-9,11,19,22H,6,10H2,1-5H3. The molecule has 2 aliphatic rings. The van der Waals surface area contributed by atoms with Crippen molar-refractivity contribution in [2.75, 3.05) is 13.4 Å². The molecule has 7 heteroatoms. The van der Waals surface area contributed by atoms with Crippen molar-refractivity contribution in [1.82, 2.24) is 5.32 Å². The molecule has 150 valence electrons. The zero-order valence-corrected chi connectivity index (χ0v) is 16.8. The predicted octanol–water partition coefficient (Wildman–Crippen LogP) is 3.16. The Morgan fingerprint density at radius 2 is 1.75 bits per heavy atom. The van der Waals surface area contributed by atoms with Crippen LogP contribution in [0, 0.1) is 0 Å². The van der Waals surface area contributed by atoms with Gasteiger partial charge in [0.15, 0.2) is 11.5 Å². The van der Waals surface area contributed by atoms with Crippen molar-refractivity contribution in [1.29, 1.82) is 0 Å². The summed E-state index contributed by atoms with van der Waals surface area (Å²) in [5, 5.41) is 3.13. The molecule has 0 fully saturated rings. The van der Waals surface area contributed by atoms with Crippen molar-refractivity contribution in [3.63, 3.8) is 0 Å². The molecule has 1 N–H and O–H groups in total. The number of hydrogen-bond acceptors (Lipinski definition) is 7. The van der Waals surface area contributed by atoms with Crippen LogP contribution < -0.4 is 14.8 Å². The van der Waals surface area contributed by atoms with E-state index in [2.05, 4.69) is 5.32 Å². The summed E-state index contributed by atoms with van der Waals surface area (Å²) in [5.41, 5.74) is 2.75. The van der Waals surface area contributed by atoms with Gasteiger partial charge >= 0.3 is 11.9 Å². The maximum atomic E-state index is 12.9. The van der Waals surface area contributed by atoms with Crippen molar-refractivity contribution < 1.29 is 28.5 Å². The van der Waals surface area contributed by atoms with E-state index in [1.54, 1.807) is 46.8 Å². The average molecular weight is 387 g/mol. The van der Waals surface area contributed by atoms with Crippen molar-refractivity contribution in [2.45, 2.75) is 46.6 Å². The first kappa shape index (κ1) is 19.8. The molecule has 0 aromatic heterocycles. The van der Waals surface area contributed by atoms with E-state index >= 15 is 0 Å². The van der Waals surface area contributed by atoms with Crippen LogP contribution in [0.3, 0.4) is 0 Å². The lowest BCUT2D eigenvalue weighted by atomic mass is 9.80. The van der Waals surface area contributed by atoms with Crippen LogP contribution in [-0.2, 0) is 19.1 Å². The Labute approximate surface area is 164 Å². The van der Waals surface area contributed by atoms with Crippen LogP contribution in [0.4, 0.5) is 0 Å². The molecule has 0 saturated carbocycles. The Bertz CT molecular complexity index is 868. The fourth-order valence-corrected chi connectivity index (χ4v) is 3.45. The van der Waals surface area contributed by atoms with E-state index in [1.807, 2.05) is 6.07 Å². The summed E-state index contributed by atoms with van der Waals surface area (Å²) in [7, 11) is 0. The first-order valence-corrected chi connectivity index (χ1v) is 9.29. The van der Waals surface area contributed by atoms with Gasteiger partial charge in [-0.25, -0.2) is 9.59 Å². The van der Waals surface area contributed by atoms with Gasteiger partial charge in [0.2, 0.25) is 6.79 Å². The van der Waals surface area contributed by atoms with E-state index < -0.39 is 17.9 Å². The van der Waals surface area contributed by atoms with E-state index in [-0.39, 0.29) is 19.5 Å². The van der Waals surface area contributed by atoms with Crippen LogP contribution in [0.5, 0.6) is 11.5 Å². The monoisotopic (exact) mass is 387 g/mol. The fraction of sp³-hybridized carbons (Fsp3) is 0.429. The second kappa shape index (κ2) is 7.96. The smallest absolute Gasteiger partial charge is 0.337 e. The van der Waals surface area contributed by atoms with Crippen molar-refractivity contribution in [2.24, 2.45) is 0 Å². The maximum Gasteiger partial charge on any atom is 0.337 e. The average Bonchev–Trinajstić information content (AvgIpc) is 3.07. The third-order valence-electron chi connectivity index (χ3n) is 4.55. The number of nitrogens with one attached hydrogen (secondary N) is 1. The molecule has 0 spiro atoms. The Morgan fingerprint density at radius 1 is 1.11 bits per heavy atom. The van der Waals surface area contributed by atoms with Gasteiger partial charge in [0, 0.05) is 11.4 Å². The normalized spacial score (nSPS) is 18.3. The molecule has 3 rings (SSSR count). The van der Waals surface area contributed by atoms with Gasteiger partial charge in [0.25, 0.3) is 0 Å². The SMILES string of the molecule is CCOC(=O)C1=C(C)NC(C)=C(C(=O)OC(C)C)C1c1ccc2c(c1)OCO2. The quantitative estimate of drug-likeness (QED) is 0.777. The lowest BCUT2D eigenvalue weighted by molar-refractivity contribution is -0.143. The van der Waals surface area contributed by atoms with Gasteiger partial charge in [-0.3, -0.25) is 0 Å². The Hall–Kier alpha value is -2.96. The minimum atomic E-state index is -0.638. The highest BCUT2D eigenvalue weighted by Crippen LogP contribution is 2.43. The van der Waals surface area contributed by atoms with E-state index in [0.717, 1.165) is 5.56 Å². The number of carbonyl (C=O) groups is 2. The Balaban J connectivity index is 2.13. The van der Waals surface area contributed by atoms with Crippen molar-refractivity contribution in [3.05, 3.63) is 46.3 Å². The van der Waals surface area contributed by atoms with Gasteiger partial charge in [-0.15, -0.1) is 0 Å². The highest BCUT2D eigenvalue weighted by atomic mass is 16.7. The zero-order valence-electron chi connectivity index (χ0n) is 16.8. The zero-order chi connectivity index (χ0) is 20.4. The summed E-state index contributed by atoms with van der Waals surface area (Å²) in [5.74, 6) is -0.385. The highest BCUT2D eigenvalue weighted by Gasteiger charge is 2.38. The van der Waals surface area contributed by atoms with Crippen LogP contribution in [0.15, 0.2) is 40.7 Å².